The molecule has 0 aliphatic carbocycles. The molecule has 1 aromatic carbocycles. The number of carbonyl (C=O) groups is 2. The number of aromatic nitrogens is 4. The highest BCUT2D eigenvalue weighted by atomic mass is 35.5. The Bertz CT molecular complexity index is 1200. The van der Waals surface area contributed by atoms with Gasteiger partial charge in [-0.05, 0) is 24.6 Å². The summed E-state index contributed by atoms with van der Waals surface area (Å²) in [5.74, 6) is -0.238. The van der Waals surface area contributed by atoms with Crippen molar-refractivity contribution in [2.75, 3.05) is 5.32 Å². The van der Waals surface area contributed by atoms with Gasteiger partial charge in [0, 0.05) is 16.7 Å². The summed E-state index contributed by atoms with van der Waals surface area (Å²) in [4.78, 5) is 45.0. The Morgan fingerprint density at radius 3 is 2.48 bits per heavy atom. The maximum Gasteiger partial charge on any atom is 0.278 e. The zero-order valence-corrected chi connectivity index (χ0v) is 18.4. The van der Waals surface area contributed by atoms with E-state index in [0.717, 1.165) is 5.56 Å². The summed E-state index contributed by atoms with van der Waals surface area (Å²) in [6.07, 6.45) is 2.59. The lowest BCUT2D eigenvalue weighted by atomic mass is 9.89. The van der Waals surface area contributed by atoms with Gasteiger partial charge in [-0.1, -0.05) is 38.4 Å². The highest BCUT2D eigenvalue weighted by Crippen LogP contribution is 2.26. The average molecular weight is 440 g/mol. The van der Waals surface area contributed by atoms with E-state index < -0.39 is 11.3 Å². The van der Waals surface area contributed by atoms with E-state index >= 15 is 0 Å². The van der Waals surface area contributed by atoms with Crippen LogP contribution in [0.1, 0.15) is 43.1 Å². The molecule has 0 saturated carbocycles. The third kappa shape index (κ3) is 5.18. The molecule has 1 amide bonds. The lowest BCUT2D eigenvalue weighted by Crippen LogP contribution is -2.27. The SMILES string of the molecule is Cc1ccc(C(=O)N=C(N)CC(=O)C(C)(C)C)cc1Nc1ncnc2c(Cl)ncnc12. The van der Waals surface area contributed by atoms with Gasteiger partial charge in [-0.25, -0.2) is 19.9 Å². The van der Waals surface area contributed by atoms with Gasteiger partial charge in [0.15, 0.2) is 11.0 Å². The van der Waals surface area contributed by atoms with Gasteiger partial charge in [0.1, 0.15) is 35.3 Å². The molecule has 0 saturated heterocycles. The lowest BCUT2D eigenvalue weighted by molar-refractivity contribution is -0.125. The van der Waals surface area contributed by atoms with Crippen molar-refractivity contribution in [2.24, 2.45) is 16.1 Å². The van der Waals surface area contributed by atoms with E-state index in [1.165, 1.54) is 12.7 Å². The fourth-order valence-electron chi connectivity index (χ4n) is 2.62. The molecule has 3 aromatic rings. The molecule has 0 atom stereocenters. The molecule has 10 heteroatoms. The molecule has 0 bridgehead atoms. The summed E-state index contributed by atoms with van der Waals surface area (Å²) in [6.45, 7) is 7.24. The molecule has 2 aromatic heterocycles. The van der Waals surface area contributed by atoms with Crippen molar-refractivity contribution < 1.29 is 9.59 Å². The van der Waals surface area contributed by atoms with Gasteiger partial charge >= 0.3 is 0 Å². The Labute approximate surface area is 184 Å². The molecule has 0 fully saturated rings. The molecule has 9 nitrogen and oxygen atoms in total. The minimum atomic E-state index is -0.559. The zero-order valence-electron chi connectivity index (χ0n) is 17.6. The van der Waals surface area contributed by atoms with Crippen molar-refractivity contribution in [1.29, 1.82) is 0 Å². The minimum absolute atomic E-state index is 0.0202. The first kappa shape index (κ1) is 22.2. The van der Waals surface area contributed by atoms with E-state index in [1.54, 1.807) is 39.0 Å². The minimum Gasteiger partial charge on any atom is -0.387 e. The van der Waals surface area contributed by atoms with Crippen molar-refractivity contribution in [2.45, 2.75) is 34.1 Å². The first-order valence-corrected chi connectivity index (χ1v) is 9.83. The van der Waals surface area contributed by atoms with Crippen LogP contribution in [0.4, 0.5) is 11.5 Å². The van der Waals surface area contributed by atoms with Gasteiger partial charge < -0.3 is 11.1 Å². The summed E-state index contributed by atoms with van der Waals surface area (Å²) in [5.41, 5.74) is 7.92. The fraction of sp³-hybridized carbons (Fsp3) is 0.286. The van der Waals surface area contributed by atoms with Crippen molar-refractivity contribution in [3.05, 3.63) is 47.1 Å². The van der Waals surface area contributed by atoms with Crippen LogP contribution >= 0.6 is 11.6 Å². The summed E-state index contributed by atoms with van der Waals surface area (Å²) >= 11 is 6.08. The molecule has 0 aliphatic rings. The number of amidine groups is 1. The third-order valence-corrected chi connectivity index (χ3v) is 4.81. The number of fused-ring (bicyclic) bond motifs is 1. The van der Waals surface area contributed by atoms with Crippen LogP contribution in [-0.4, -0.2) is 37.5 Å². The van der Waals surface area contributed by atoms with Crippen molar-refractivity contribution >= 4 is 51.7 Å². The van der Waals surface area contributed by atoms with Crippen LogP contribution < -0.4 is 11.1 Å². The second-order valence-electron chi connectivity index (χ2n) is 8.00. The number of Topliss-reactive ketones (excluding diaryl/α,β-unsaturated/α-hetero) is 1. The quantitative estimate of drug-likeness (QED) is 0.349. The second kappa shape index (κ2) is 8.73. The number of anilines is 2. The van der Waals surface area contributed by atoms with Gasteiger partial charge in [0.05, 0.1) is 6.42 Å². The number of ketones is 1. The molecule has 3 rings (SSSR count). The number of aryl methyl sites for hydroxylation is 1. The van der Waals surface area contributed by atoms with Crippen LogP contribution in [0.2, 0.25) is 5.15 Å². The number of carbonyl (C=O) groups excluding carboxylic acids is 2. The molecular formula is C21H22ClN7O2. The average Bonchev–Trinajstić information content (AvgIpc) is 2.69. The maximum atomic E-state index is 12.6. The molecule has 0 radical (unpaired) electrons. The number of benzene rings is 1. The van der Waals surface area contributed by atoms with E-state index in [9.17, 15) is 9.59 Å². The fourth-order valence-corrected chi connectivity index (χ4v) is 2.81. The summed E-state index contributed by atoms with van der Waals surface area (Å²) in [5, 5.41) is 3.37. The number of hydrogen-bond acceptors (Lipinski definition) is 7. The largest absolute Gasteiger partial charge is 0.387 e. The number of rotatable bonds is 5. The molecule has 3 N–H and O–H groups in total. The first-order valence-electron chi connectivity index (χ1n) is 9.46. The van der Waals surface area contributed by atoms with Gasteiger partial charge in [-0.15, -0.1) is 0 Å². The predicted molar refractivity (Wildman–Crippen MR) is 120 cm³/mol. The molecule has 0 spiro atoms. The Hall–Kier alpha value is -3.46. The first-order chi connectivity index (χ1) is 14.6. The van der Waals surface area contributed by atoms with E-state index in [-0.39, 0.29) is 23.2 Å². The van der Waals surface area contributed by atoms with Crippen molar-refractivity contribution in [3.8, 4) is 0 Å². The van der Waals surface area contributed by atoms with Crippen molar-refractivity contribution in [3.63, 3.8) is 0 Å². The van der Waals surface area contributed by atoms with Crippen molar-refractivity contribution in [1.82, 2.24) is 19.9 Å². The molecule has 2 heterocycles. The van der Waals surface area contributed by atoms with Crippen LogP contribution in [0, 0.1) is 12.3 Å². The summed E-state index contributed by atoms with van der Waals surface area (Å²) < 4.78 is 0. The Balaban J connectivity index is 1.88. The standard InChI is InChI=1S/C21H22ClN7O2/c1-11-5-6-12(20(31)29-15(23)8-14(30)21(2,3)4)7-13(11)28-19-17-16(24-10-27-19)18(22)26-9-25-17/h5-7,9-10H,8H2,1-4H3,(H2,23,29,31)(H,24,27,28). The lowest BCUT2D eigenvalue weighted by Gasteiger charge is -2.15. The van der Waals surface area contributed by atoms with Crippen LogP contribution in [0.15, 0.2) is 35.8 Å². The Morgan fingerprint density at radius 2 is 1.77 bits per heavy atom. The Morgan fingerprint density at radius 1 is 1.10 bits per heavy atom. The van der Waals surface area contributed by atoms with Crippen LogP contribution in [0.3, 0.4) is 0 Å². The predicted octanol–water partition coefficient (Wildman–Crippen LogP) is 3.63. The third-order valence-electron chi connectivity index (χ3n) is 4.54. The number of nitrogens with one attached hydrogen (secondary N) is 1. The van der Waals surface area contributed by atoms with E-state index in [4.69, 9.17) is 17.3 Å². The highest BCUT2D eigenvalue weighted by molar-refractivity contribution is 6.33. The van der Waals surface area contributed by atoms with E-state index in [2.05, 4.69) is 30.2 Å². The topological polar surface area (TPSA) is 136 Å². The number of hydrogen-bond donors (Lipinski definition) is 2. The maximum absolute atomic E-state index is 12.6. The van der Waals surface area contributed by atoms with Crippen LogP contribution in [-0.2, 0) is 4.79 Å². The number of nitrogens with zero attached hydrogens (tertiary/aromatic N) is 5. The monoisotopic (exact) mass is 439 g/mol. The van der Waals surface area contributed by atoms with Gasteiger partial charge in [0.2, 0.25) is 0 Å². The van der Waals surface area contributed by atoms with E-state index in [0.29, 0.717) is 28.1 Å². The van der Waals surface area contributed by atoms with Crippen LogP contribution in [0.5, 0.6) is 0 Å². The zero-order chi connectivity index (χ0) is 22.8. The van der Waals surface area contributed by atoms with Gasteiger partial charge in [-0.2, -0.15) is 4.99 Å². The number of aliphatic imine (C=N–C) groups is 1. The normalized spacial score (nSPS) is 12.1. The highest BCUT2D eigenvalue weighted by Gasteiger charge is 2.22. The summed E-state index contributed by atoms with van der Waals surface area (Å²) in [6, 6.07) is 5.05. The molecule has 0 aliphatic heterocycles. The number of halogens is 1. The number of amides is 1. The molecule has 0 unspecified atom stereocenters. The Kier molecular flexibility index (Phi) is 6.26. The molecular weight excluding hydrogens is 418 g/mol. The molecule has 160 valence electrons. The second-order valence-corrected chi connectivity index (χ2v) is 8.35. The smallest absolute Gasteiger partial charge is 0.278 e. The van der Waals surface area contributed by atoms with Gasteiger partial charge in [-0.3, -0.25) is 9.59 Å². The molecule has 31 heavy (non-hydrogen) atoms. The number of nitrogens with two attached hydrogens (primary N) is 1. The summed E-state index contributed by atoms with van der Waals surface area (Å²) in [7, 11) is 0. The van der Waals surface area contributed by atoms with Gasteiger partial charge in [0.25, 0.3) is 5.91 Å². The van der Waals surface area contributed by atoms with Crippen LogP contribution in [0.25, 0.3) is 11.0 Å². The van der Waals surface area contributed by atoms with E-state index in [1.807, 2.05) is 6.92 Å².